The first-order valence-electron chi connectivity index (χ1n) is 7.86. The van der Waals surface area contributed by atoms with E-state index in [1.807, 2.05) is 12.1 Å². The molecule has 3 rings (SSSR count). The minimum absolute atomic E-state index is 0.334. The fourth-order valence-electron chi connectivity index (χ4n) is 3.32. The number of phenolic OH excluding ortho intramolecular Hbond substituents is 1. The highest BCUT2D eigenvalue weighted by Crippen LogP contribution is 2.35. The predicted octanol–water partition coefficient (Wildman–Crippen LogP) is 4.86. The molecule has 0 amide bonds. The zero-order valence-corrected chi connectivity index (χ0v) is 13.1. The van der Waals surface area contributed by atoms with Gasteiger partial charge in [-0.2, -0.15) is 11.3 Å². The molecule has 1 aliphatic rings. The van der Waals surface area contributed by atoms with Crippen molar-refractivity contribution >= 4 is 11.3 Å². The highest BCUT2D eigenvalue weighted by molar-refractivity contribution is 7.07. The van der Waals surface area contributed by atoms with Crippen molar-refractivity contribution in [2.24, 2.45) is 5.92 Å². The molecule has 1 atom stereocenters. The molecule has 0 aliphatic heterocycles. The molecule has 1 aliphatic carbocycles. The summed E-state index contributed by atoms with van der Waals surface area (Å²) in [7, 11) is 0. The van der Waals surface area contributed by atoms with Crippen LogP contribution in [0.3, 0.4) is 0 Å². The molecule has 2 N–H and O–H groups in total. The molecule has 1 aromatic heterocycles. The third-order valence-corrected chi connectivity index (χ3v) is 5.19. The second-order valence-electron chi connectivity index (χ2n) is 5.98. The number of rotatable bonds is 5. The lowest BCUT2D eigenvalue weighted by Crippen LogP contribution is -2.29. The summed E-state index contributed by atoms with van der Waals surface area (Å²) >= 11 is 1.78. The molecule has 21 heavy (non-hydrogen) atoms. The maximum Gasteiger partial charge on any atom is 0.115 e. The molecule has 0 saturated heterocycles. The molecule has 1 aromatic carbocycles. The number of nitrogens with one attached hydrogen (secondary N) is 1. The fraction of sp³-hybridized carbons (Fsp3) is 0.444. The number of hydrogen-bond acceptors (Lipinski definition) is 3. The van der Waals surface area contributed by atoms with Gasteiger partial charge in [0, 0.05) is 12.6 Å². The van der Waals surface area contributed by atoms with Crippen LogP contribution in [0.4, 0.5) is 0 Å². The number of phenols is 1. The Morgan fingerprint density at radius 1 is 1.10 bits per heavy atom. The van der Waals surface area contributed by atoms with E-state index in [4.69, 9.17) is 0 Å². The van der Waals surface area contributed by atoms with E-state index in [2.05, 4.69) is 22.1 Å². The van der Waals surface area contributed by atoms with E-state index in [0.29, 0.717) is 11.8 Å². The topological polar surface area (TPSA) is 32.3 Å². The van der Waals surface area contributed by atoms with Gasteiger partial charge in [-0.3, -0.25) is 0 Å². The molecule has 2 nitrogen and oxygen atoms in total. The van der Waals surface area contributed by atoms with Crippen LogP contribution in [0, 0.1) is 5.92 Å². The zero-order valence-electron chi connectivity index (χ0n) is 12.3. The van der Waals surface area contributed by atoms with Crippen LogP contribution in [0.25, 0.3) is 0 Å². The Bertz CT molecular complexity index is 529. The first kappa shape index (κ1) is 14.6. The Morgan fingerprint density at radius 3 is 2.52 bits per heavy atom. The van der Waals surface area contributed by atoms with Crippen molar-refractivity contribution in [3.63, 3.8) is 0 Å². The largest absolute Gasteiger partial charge is 0.508 e. The molecule has 3 heteroatoms. The lowest BCUT2D eigenvalue weighted by atomic mass is 9.81. The molecule has 112 valence electrons. The summed E-state index contributed by atoms with van der Waals surface area (Å²) in [6.07, 6.45) is 6.80. The lowest BCUT2D eigenvalue weighted by molar-refractivity contribution is 0.270. The van der Waals surface area contributed by atoms with E-state index in [1.54, 1.807) is 23.5 Å². The fourth-order valence-corrected chi connectivity index (χ4v) is 4.01. The third-order valence-electron chi connectivity index (χ3n) is 4.49. The highest BCUT2D eigenvalue weighted by Gasteiger charge is 2.24. The van der Waals surface area contributed by atoms with E-state index < -0.39 is 0 Å². The van der Waals surface area contributed by atoms with Gasteiger partial charge in [-0.25, -0.2) is 0 Å². The van der Waals surface area contributed by atoms with Crippen LogP contribution in [0.5, 0.6) is 5.75 Å². The summed E-state index contributed by atoms with van der Waals surface area (Å²) in [5.74, 6) is 1.09. The van der Waals surface area contributed by atoms with Gasteiger partial charge < -0.3 is 10.4 Å². The van der Waals surface area contributed by atoms with Crippen molar-refractivity contribution in [1.29, 1.82) is 0 Å². The Labute approximate surface area is 130 Å². The molecular formula is C18H23NOS. The molecule has 1 unspecified atom stereocenters. The second kappa shape index (κ2) is 7.10. The standard InChI is InChI=1S/C18H23NOS/c20-17-8-6-14(7-9-17)12-19-18(16-10-11-21-13-16)15-4-2-1-3-5-15/h6-11,13,15,18-20H,1-5,12H2. The van der Waals surface area contributed by atoms with Crippen molar-refractivity contribution in [1.82, 2.24) is 5.32 Å². The SMILES string of the molecule is Oc1ccc(CNC(c2ccsc2)C2CCCCC2)cc1. The number of hydrogen-bond donors (Lipinski definition) is 2. The lowest BCUT2D eigenvalue weighted by Gasteiger charge is -2.31. The van der Waals surface area contributed by atoms with Gasteiger partial charge in [0.25, 0.3) is 0 Å². The minimum Gasteiger partial charge on any atom is -0.508 e. The summed E-state index contributed by atoms with van der Waals surface area (Å²) < 4.78 is 0. The highest BCUT2D eigenvalue weighted by atomic mass is 32.1. The smallest absolute Gasteiger partial charge is 0.115 e. The zero-order chi connectivity index (χ0) is 14.5. The van der Waals surface area contributed by atoms with Crippen LogP contribution in [-0.2, 0) is 6.54 Å². The molecule has 2 aromatic rings. The first-order valence-corrected chi connectivity index (χ1v) is 8.80. The summed E-state index contributed by atoms with van der Waals surface area (Å²) in [6.45, 7) is 0.858. The van der Waals surface area contributed by atoms with E-state index >= 15 is 0 Å². The summed E-state index contributed by atoms with van der Waals surface area (Å²) in [4.78, 5) is 0. The van der Waals surface area contributed by atoms with E-state index in [1.165, 1.54) is 43.2 Å². The quantitative estimate of drug-likeness (QED) is 0.826. The van der Waals surface area contributed by atoms with E-state index in [0.717, 1.165) is 12.5 Å². The third kappa shape index (κ3) is 3.86. The number of thiophene rings is 1. The molecule has 0 bridgehead atoms. The normalized spacial score (nSPS) is 17.7. The molecule has 1 heterocycles. The Morgan fingerprint density at radius 2 is 1.86 bits per heavy atom. The van der Waals surface area contributed by atoms with Gasteiger partial charge in [-0.15, -0.1) is 0 Å². The molecular weight excluding hydrogens is 278 g/mol. The van der Waals surface area contributed by atoms with Gasteiger partial charge in [0.1, 0.15) is 5.75 Å². The molecule has 1 fully saturated rings. The van der Waals surface area contributed by atoms with Crippen LogP contribution in [0.1, 0.15) is 49.3 Å². The van der Waals surface area contributed by atoms with Gasteiger partial charge in [0.2, 0.25) is 0 Å². The van der Waals surface area contributed by atoms with Crippen LogP contribution >= 0.6 is 11.3 Å². The Hall–Kier alpha value is -1.32. The van der Waals surface area contributed by atoms with Crippen molar-refractivity contribution in [3.8, 4) is 5.75 Å². The van der Waals surface area contributed by atoms with Crippen molar-refractivity contribution in [2.75, 3.05) is 0 Å². The minimum atomic E-state index is 0.334. The van der Waals surface area contributed by atoms with Crippen LogP contribution < -0.4 is 5.32 Å². The van der Waals surface area contributed by atoms with Gasteiger partial charge >= 0.3 is 0 Å². The monoisotopic (exact) mass is 301 g/mol. The molecule has 0 spiro atoms. The molecule has 1 saturated carbocycles. The average Bonchev–Trinajstić information content (AvgIpc) is 3.05. The predicted molar refractivity (Wildman–Crippen MR) is 88.6 cm³/mol. The van der Waals surface area contributed by atoms with Crippen molar-refractivity contribution in [2.45, 2.75) is 44.7 Å². The van der Waals surface area contributed by atoms with Gasteiger partial charge in [0.15, 0.2) is 0 Å². The van der Waals surface area contributed by atoms with Gasteiger partial charge in [-0.1, -0.05) is 31.4 Å². The Kier molecular flexibility index (Phi) is 4.94. The molecule has 0 radical (unpaired) electrons. The van der Waals surface area contributed by atoms with E-state index in [-0.39, 0.29) is 0 Å². The maximum atomic E-state index is 9.37. The van der Waals surface area contributed by atoms with E-state index in [9.17, 15) is 5.11 Å². The van der Waals surface area contributed by atoms with Gasteiger partial charge in [0.05, 0.1) is 0 Å². The number of aromatic hydroxyl groups is 1. The van der Waals surface area contributed by atoms with Gasteiger partial charge in [-0.05, 0) is 58.8 Å². The summed E-state index contributed by atoms with van der Waals surface area (Å²) in [5.41, 5.74) is 2.66. The second-order valence-corrected chi connectivity index (χ2v) is 6.76. The van der Waals surface area contributed by atoms with Crippen molar-refractivity contribution < 1.29 is 5.11 Å². The van der Waals surface area contributed by atoms with Crippen LogP contribution in [-0.4, -0.2) is 5.11 Å². The van der Waals surface area contributed by atoms with Crippen LogP contribution in [0.15, 0.2) is 41.1 Å². The Balaban J connectivity index is 1.68. The van der Waals surface area contributed by atoms with Crippen LogP contribution in [0.2, 0.25) is 0 Å². The maximum absolute atomic E-state index is 9.37. The average molecular weight is 301 g/mol. The summed E-state index contributed by atoms with van der Waals surface area (Å²) in [6, 6.07) is 10.2. The van der Waals surface area contributed by atoms with Crippen molar-refractivity contribution in [3.05, 3.63) is 52.2 Å². The first-order chi connectivity index (χ1) is 10.3. The summed E-state index contributed by atoms with van der Waals surface area (Å²) in [5, 5.41) is 17.6. The number of benzene rings is 1.